The van der Waals surface area contributed by atoms with Crippen LogP contribution < -0.4 is 0 Å². The normalized spacial score (nSPS) is 45.7. The maximum Gasteiger partial charge on any atom is 0.162 e. The molecule has 0 saturated heterocycles. The predicted molar refractivity (Wildman–Crippen MR) is 119 cm³/mol. The maximum atomic E-state index is 13.3. The van der Waals surface area contributed by atoms with Gasteiger partial charge in [0.25, 0.3) is 0 Å². The molecule has 32 heavy (non-hydrogen) atoms. The van der Waals surface area contributed by atoms with Crippen molar-refractivity contribution in [1.29, 1.82) is 0 Å². The summed E-state index contributed by atoms with van der Waals surface area (Å²) in [4.78, 5) is 14.7. The lowest BCUT2D eigenvalue weighted by molar-refractivity contribution is -0.163. The molecule has 1 heterocycles. The van der Waals surface area contributed by atoms with Crippen LogP contribution in [0.3, 0.4) is 0 Å². The van der Waals surface area contributed by atoms with Gasteiger partial charge >= 0.3 is 0 Å². The molecule has 178 valence electrons. The summed E-state index contributed by atoms with van der Waals surface area (Å²) in [5.41, 5.74) is -0.124. The Labute approximate surface area is 191 Å². The van der Waals surface area contributed by atoms with Gasteiger partial charge in [-0.25, -0.2) is 0 Å². The number of carbonyl (C=O) groups excluding carboxylic acids is 1. The fourth-order valence-electron chi connectivity index (χ4n) is 9.06. The molecule has 4 fully saturated rings. The van der Waals surface area contributed by atoms with E-state index in [4.69, 9.17) is 4.74 Å². The number of Topliss-reactive ketones (excluding diaryl/α,β-unsaturated/α-hetero) is 1. The molecule has 0 aromatic carbocycles. The van der Waals surface area contributed by atoms with Gasteiger partial charge in [0.05, 0.1) is 5.60 Å². The molecule has 7 heteroatoms. The Balaban J connectivity index is 1.38. The van der Waals surface area contributed by atoms with Gasteiger partial charge < -0.3 is 9.84 Å². The number of fused-ring (bicyclic) bond motifs is 5. The second kappa shape index (κ2) is 8.15. The molecule has 8 unspecified atom stereocenters. The van der Waals surface area contributed by atoms with Crippen LogP contribution in [0.2, 0.25) is 0 Å². The van der Waals surface area contributed by atoms with E-state index in [1.165, 1.54) is 36.8 Å². The van der Waals surface area contributed by atoms with Crippen molar-refractivity contribution in [3.8, 4) is 0 Å². The van der Waals surface area contributed by atoms with Crippen LogP contribution in [0, 0.1) is 40.4 Å². The van der Waals surface area contributed by atoms with Crippen LogP contribution in [-0.4, -0.2) is 50.4 Å². The first-order valence-electron chi connectivity index (χ1n) is 12.7. The van der Waals surface area contributed by atoms with Crippen molar-refractivity contribution in [3.63, 3.8) is 0 Å². The molecule has 4 aliphatic carbocycles. The van der Waals surface area contributed by atoms with Gasteiger partial charge in [-0.1, -0.05) is 6.92 Å². The molecule has 0 aliphatic heterocycles. The summed E-state index contributed by atoms with van der Waals surface area (Å²) in [5, 5.41) is 22.6. The summed E-state index contributed by atoms with van der Waals surface area (Å²) < 4.78 is 5.60. The molecule has 1 aromatic heterocycles. The first-order valence-corrected chi connectivity index (χ1v) is 12.7. The Kier molecular flexibility index (Phi) is 5.72. The minimum absolute atomic E-state index is 0.0915. The third-order valence-electron chi connectivity index (χ3n) is 10.5. The minimum atomic E-state index is -0.516. The molecule has 4 saturated carbocycles. The van der Waals surface area contributed by atoms with Crippen molar-refractivity contribution in [2.75, 3.05) is 13.7 Å². The van der Waals surface area contributed by atoms with E-state index < -0.39 is 5.60 Å². The molecule has 4 aliphatic rings. The molecule has 0 amide bonds. The minimum Gasteiger partial charge on any atom is -0.390 e. The van der Waals surface area contributed by atoms with E-state index in [2.05, 4.69) is 22.3 Å². The first kappa shape index (κ1) is 22.5. The van der Waals surface area contributed by atoms with Crippen molar-refractivity contribution in [3.05, 3.63) is 6.33 Å². The van der Waals surface area contributed by atoms with Crippen LogP contribution in [0.1, 0.15) is 78.1 Å². The number of carbonyl (C=O) groups is 1. The Morgan fingerprint density at radius 1 is 1.12 bits per heavy atom. The monoisotopic (exact) mass is 444 g/mol. The van der Waals surface area contributed by atoms with Gasteiger partial charge in [-0.3, -0.25) is 4.79 Å². The van der Waals surface area contributed by atoms with Gasteiger partial charge in [0.15, 0.2) is 12.1 Å². The van der Waals surface area contributed by atoms with E-state index in [-0.39, 0.29) is 23.7 Å². The zero-order valence-corrected chi connectivity index (χ0v) is 20.0. The first-order chi connectivity index (χ1) is 15.3. The molecule has 8 atom stereocenters. The van der Waals surface area contributed by atoms with Crippen molar-refractivity contribution in [2.24, 2.45) is 40.4 Å². The summed E-state index contributed by atoms with van der Waals surface area (Å²) in [7, 11) is 1.82. The molecule has 5 rings (SSSR count). The number of tetrazole rings is 1. The quantitative estimate of drug-likeness (QED) is 0.720. The van der Waals surface area contributed by atoms with E-state index in [9.17, 15) is 9.90 Å². The fraction of sp³-hybridized carbons (Fsp3) is 0.920. The summed E-state index contributed by atoms with van der Waals surface area (Å²) in [6.07, 6.45) is 12.5. The highest BCUT2D eigenvalue weighted by Crippen LogP contribution is 2.69. The van der Waals surface area contributed by atoms with Crippen molar-refractivity contribution < 1.29 is 14.6 Å². The number of hydrogen-bond donors (Lipinski definition) is 1. The summed E-state index contributed by atoms with van der Waals surface area (Å²) in [6.45, 7) is 5.50. The fourth-order valence-corrected chi connectivity index (χ4v) is 9.06. The third kappa shape index (κ3) is 3.54. The lowest BCUT2D eigenvalue weighted by Crippen LogP contribution is -2.57. The zero-order chi connectivity index (χ0) is 22.6. The van der Waals surface area contributed by atoms with E-state index in [0.29, 0.717) is 29.1 Å². The standard InChI is InChI=1S/C25H40N4O3/c1-23(31)10-11-25(12-13-32-3)17(14-23)4-5-18-19-6-7-21(24(19,2)9-8-20(18)25)22(30)15-29-27-16-26-28-29/h16-21,31H,4-15H2,1-3H3. The third-order valence-corrected chi connectivity index (χ3v) is 10.5. The highest BCUT2D eigenvalue weighted by Gasteiger charge is 2.62. The average molecular weight is 445 g/mol. The van der Waals surface area contributed by atoms with E-state index in [1.807, 2.05) is 14.0 Å². The predicted octanol–water partition coefficient (Wildman–Crippen LogP) is 3.67. The molecule has 0 radical (unpaired) electrons. The molecule has 7 nitrogen and oxygen atoms in total. The van der Waals surface area contributed by atoms with Crippen LogP contribution in [0.4, 0.5) is 0 Å². The molecular weight excluding hydrogens is 404 g/mol. The number of ether oxygens (including phenoxy) is 1. The number of aliphatic hydroxyl groups is 1. The van der Waals surface area contributed by atoms with E-state index >= 15 is 0 Å². The number of ketones is 1. The summed E-state index contributed by atoms with van der Waals surface area (Å²) >= 11 is 0. The van der Waals surface area contributed by atoms with E-state index in [1.54, 1.807) is 0 Å². The van der Waals surface area contributed by atoms with Gasteiger partial charge in [0.1, 0.15) is 6.54 Å². The summed E-state index contributed by atoms with van der Waals surface area (Å²) in [5.74, 6) is 3.02. The Hall–Kier alpha value is -1.34. The zero-order valence-electron chi connectivity index (χ0n) is 20.0. The highest BCUT2D eigenvalue weighted by atomic mass is 16.5. The van der Waals surface area contributed by atoms with Crippen LogP contribution in [0.15, 0.2) is 6.33 Å². The van der Waals surface area contributed by atoms with Crippen molar-refractivity contribution in [1.82, 2.24) is 20.2 Å². The Morgan fingerprint density at radius 2 is 1.97 bits per heavy atom. The molecule has 1 N–H and O–H groups in total. The number of methoxy groups -OCH3 is 1. The molecular formula is C25H40N4O3. The summed E-state index contributed by atoms with van der Waals surface area (Å²) in [6, 6.07) is 0. The van der Waals surface area contributed by atoms with Crippen LogP contribution >= 0.6 is 0 Å². The van der Waals surface area contributed by atoms with Crippen LogP contribution in [-0.2, 0) is 16.1 Å². The second-order valence-electron chi connectivity index (χ2n) is 11.9. The smallest absolute Gasteiger partial charge is 0.162 e. The number of hydrogen-bond acceptors (Lipinski definition) is 6. The number of aromatic nitrogens is 4. The largest absolute Gasteiger partial charge is 0.390 e. The van der Waals surface area contributed by atoms with Crippen molar-refractivity contribution >= 4 is 5.78 Å². The number of rotatable bonds is 6. The van der Waals surface area contributed by atoms with Gasteiger partial charge in [-0.15, -0.1) is 10.2 Å². The van der Waals surface area contributed by atoms with E-state index in [0.717, 1.165) is 45.1 Å². The highest BCUT2D eigenvalue weighted by molar-refractivity contribution is 5.81. The molecule has 0 bridgehead atoms. The van der Waals surface area contributed by atoms with Crippen molar-refractivity contribution in [2.45, 2.75) is 90.2 Å². The number of nitrogens with zero attached hydrogens (tertiary/aromatic N) is 4. The van der Waals surface area contributed by atoms with Crippen LogP contribution in [0.25, 0.3) is 0 Å². The second-order valence-corrected chi connectivity index (χ2v) is 11.9. The SMILES string of the molecule is COCCC12CCC(C)(O)CC1CCC1C3CCC(C(=O)Cn4ncnn4)C3(C)CCC12. The Morgan fingerprint density at radius 3 is 2.72 bits per heavy atom. The van der Waals surface area contributed by atoms with Gasteiger partial charge in [-0.2, -0.15) is 4.80 Å². The Bertz CT molecular complexity index is 827. The average Bonchev–Trinajstić information content (AvgIpc) is 3.38. The lowest BCUT2D eigenvalue weighted by atomic mass is 9.42. The van der Waals surface area contributed by atoms with Gasteiger partial charge in [-0.05, 0) is 111 Å². The maximum absolute atomic E-state index is 13.3. The van der Waals surface area contributed by atoms with Gasteiger partial charge in [0, 0.05) is 19.6 Å². The van der Waals surface area contributed by atoms with Gasteiger partial charge in [0.2, 0.25) is 0 Å². The van der Waals surface area contributed by atoms with Crippen LogP contribution in [0.5, 0.6) is 0 Å². The lowest BCUT2D eigenvalue weighted by Gasteiger charge is -2.63. The topological polar surface area (TPSA) is 90.1 Å². The molecule has 0 spiro atoms. The molecule has 1 aromatic rings.